The van der Waals surface area contributed by atoms with Gasteiger partial charge >= 0.3 is 0 Å². The van der Waals surface area contributed by atoms with E-state index < -0.39 is 0 Å². The number of carbonyl (C=O) groups is 1. The average molecular weight is 490 g/mol. The molecule has 6 rings (SSSR count). The summed E-state index contributed by atoms with van der Waals surface area (Å²) in [7, 11) is 0. The maximum absolute atomic E-state index is 11.5. The van der Waals surface area contributed by atoms with Crippen molar-refractivity contribution in [2.24, 2.45) is 5.73 Å². The Balaban J connectivity index is 1.52. The standard InChI is InChI=1S/C29H27N7O/c1-18(37)33-21-6-2-5-19(17-21)24-12-13-25-28(34-24)36(27(35-25)23-7-3-16-32-26(23)30)22-10-8-20(9-11-22)29(31)14-4-15-29/h2-3,5-13,16-17H,4,14-15,31H2,1H3,(H2,30,32)(H,33,37). The van der Waals surface area contributed by atoms with Crippen LogP contribution in [0, 0.1) is 0 Å². The van der Waals surface area contributed by atoms with Crippen molar-refractivity contribution in [1.82, 2.24) is 19.5 Å². The molecule has 3 aromatic heterocycles. The monoisotopic (exact) mass is 489 g/mol. The summed E-state index contributed by atoms with van der Waals surface area (Å²) in [6, 6.07) is 23.6. The highest BCUT2D eigenvalue weighted by Crippen LogP contribution is 2.39. The third-order valence-corrected chi connectivity index (χ3v) is 7.01. The van der Waals surface area contributed by atoms with Crippen LogP contribution < -0.4 is 16.8 Å². The Kier molecular flexibility index (Phi) is 5.46. The number of anilines is 2. The number of pyridine rings is 2. The maximum atomic E-state index is 11.5. The molecule has 1 fully saturated rings. The summed E-state index contributed by atoms with van der Waals surface area (Å²) < 4.78 is 2.01. The molecular formula is C29H27N7O. The van der Waals surface area contributed by atoms with Crippen LogP contribution in [-0.2, 0) is 10.3 Å². The van der Waals surface area contributed by atoms with E-state index in [0.29, 0.717) is 23.0 Å². The molecule has 8 heteroatoms. The molecule has 0 bridgehead atoms. The van der Waals surface area contributed by atoms with E-state index >= 15 is 0 Å². The van der Waals surface area contributed by atoms with Crippen molar-refractivity contribution in [3.8, 4) is 28.3 Å². The van der Waals surface area contributed by atoms with Crippen LogP contribution in [0.4, 0.5) is 11.5 Å². The molecule has 5 N–H and O–H groups in total. The number of fused-ring (bicyclic) bond motifs is 1. The second kappa shape index (κ2) is 8.83. The van der Waals surface area contributed by atoms with Crippen LogP contribution in [0.2, 0.25) is 0 Å². The van der Waals surface area contributed by atoms with Crippen LogP contribution in [0.15, 0.2) is 79.0 Å². The maximum Gasteiger partial charge on any atom is 0.221 e. The van der Waals surface area contributed by atoms with E-state index in [4.69, 9.17) is 21.4 Å². The predicted molar refractivity (Wildman–Crippen MR) is 146 cm³/mol. The first kappa shape index (κ1) is 22.9. The van der Waals surface area contributed by atoms with Gasteiger partial charge in [0.2, 0.25) is 5.91 Å². The fourth-order valence-corrected chi connectivity index (χ4v) is 4.90. The molecule has 2 aromatic carbocycles. The van der Waals surface area contributed by atoms with Crippen molar-refractivity contribution in [3.05, 3.63) is 84.6 Å². The molecule has 0 spiro atoms. The summed E-state index contributed by atoms with van der Waals surface area (Å²) in [5, 5.41) is 2.83. The Bertz CT molecular complexity index is 1630. The van der Waals surface area contributed by atoms with Gasteiger partial charge in [-0.05, 0) is 73.4 Å². The molecule has 1 aliphatic rings. The second-order valence-electron chi connectivity index (χ2n) is 9.56. The number of nitrogen functional groups attached to an aromatic ring is 1. The van der Waals surface area contributed by atoms with E-state index in [1.54, 1.807) is 6.20 Å². The third kappa shape index (κ3) is 4.11. The van der Waals surface area contributed by atoms with Crippen LogP contribution in [0.3, 0.4) is 0 Å². The SMILES string of the molecule is CC(=O)Nc1cccc(-c2ccc3nc(-c4cccnc4N)n(-c4ccc(C5(N)CCC5)cc4)c3n2)c1. The van der Waals surface area contributed by atoms with E-state index in [2.05, 4.69) is 34.6 Å². The minimum absolute atomic E-state index is 0.123. The Morgan fingerprint density at radius 1 is 1.00 bits per heavy atom. The highest BCUT2D eigenvalue weighted by molar-refractivity contribution is 5.90. The molecule has 3 heterocycles. The van der Waals surface area contributed by atoms with Crippen LogP contribution in [-0.4, -0.2) is 25.4 Å². The van der Waals surface area contributed by atoms with Crippen LogP contribution >= 0.6 is 0 Å². The van der Waals surface area contributed by atoms with E-state index in [0.717, 1.165) is 52.9 Å². The lowest BCUT2D eigenvalue weighted by molar-refractivity contribution is -0.114. The molecule has 0 saturated heterocycles. The van der Waals surface area contributed by atoms with Crippen LogP contribution in [0.25, 0.3) is 39.5 Å². The van der Waals surface area contributed by atoms with Crippen LogP contribution in [0.5, 0.6) is 0 Å². The normalized spacial score (nSPS) is 14.3. The molecule has 0 unspecified atom stereocenters. The van der Waals surface area contributed by atoms with Gasteiger partial charge < -0.3 is 16.8 Å². The number of carbonyl (C=O) groups excluding carboxylic acids is 1. The smallest absolute Gasteiger partial charge is 0.221 e. The fourth-order valence-electron chi connectivity index (χ4n) is 4.90. The minimum Gasteiger partial charge on any atom is -0.383 e. The molecule has 0 aliphatic heterocycles. The number of aromatic nitrogens is 4. The lowest BCUT2D eigenvalue weighted by Crippen LogP contribution is -2.43. The second-order valence-corrected chi connectivity index (χ2v) is 9.56. The lowest BCUT2D eigenvalue weighted by Gasteiger charge is -2.38. The average Bonchev–Trinajstić information content (AvgIpc) is 3.26. The van der Waals surface area contributed by atoms with Gasteiger partial charge in [0, 0.05) is 35.6 Å². The van der Waals surface area contributed by atoms with Gasteiger partial charge in [-0.15, -0.1) is 0 Å². The van der Waals surface area contributed by atoms with Gasteiger partial charge in [-0.3, -0.25) is 9.36 Å². The number of hydrogen-bond donors (Lipinski definition) is 3. The highest BCUT2D eigenvalue weighted by atomic mass is 16.1. The quantitative estimate of drug-likeness (QED) is 0.318. The molecular weight excluding hydrogens is 462 g/mol. The number of imidazole rings is 1. The number of nitrogens with two attached hydrogens (primary N) is 2. The summed E-state index contributed by atoms with van der Waals surface area (Å²) in [6.07, 6.45) is 4.82. The van der Waals surface area contributed by atoms with Gasteiger partial charge in [0.1, 0.15) is 11.3 Å². The van der Waals surface area contributed by atoms with Gasteiger partial charge in [0.25, 0.3) is 0 Å². The topological polar surface area (TPSA) is 125 Å². The molecule has 0 atom stereocenters. The van der Waals surface area contributed by atoms with Gasteiger partial charge in [0.05, 0.1) is 11.3 Å². The summed E-state index contributed by atoms with van der Waals surface area (Å²) in [6.45, 7) is 1.49. The van der Waals surface area contributed by atoms with Gasteiger partial charge in [-0.2, -0.15) is 0 Å². The molecule has 0 radical (unpaired) electrons. The largest absolute Gasteiger partial charge is 0.383 e. The Morgan fingerprint density at radius 2 is 1.81 bits per heavy atom. The number of nitrogens with zero attached hydrogens (tertiary/aromatic N) is 4. The highest BCUT2D eigenvalue weighted by Gasteiger charge is 2.34. The van der Waals surface area contributed by atoms with Gasteiger partial charge in [-0.1, -0.05) is 24.3 Å². The van der Waals surface area contributed by atoms with Crippen molar-refractivity contribution in [1.29, 1.82) is 0 Å². The van der Waals surface area contributed by atoms with Crippen molar-refractivity contribution < 1.29 is 4.79 Å². The molecule has 184 valence electrons. The first-order chi connectivity index (χ1) is 17.9. The molecule has 1 amide bonds. The zero-order chi connectivity index (χ0) is 25.6. The van der Waals surface area contributed by atoms with Gasteiger partial charge in [-0.25, -0.2) is 15.0 Å². The van der Waals surface area contributed by atoms with Gasteiger partial charge in [0.15, 0.2) is 11.5 Å². The first-order valence-electron chi connectivity index (χ1n) is 12.3. The number of rotatable bonds is 5. The summed E-state index contributed by atoms with van der Waals surface area (Å²) in [5.41, 5.74) is 19.2. The van der Waals surface area contributed by atoms with E-state index in [-0.39, 0.29) is 11.4 Å². The molecule has 1 saturated carbocycles. The van der Waals surface area contributed by atoms with Crippen molar-refractivity contribution in [2.45, 2.75) is 31.7 Å². The Labute approximate surface area is 214 Å². The lowest BCUT2D eigenvalue weighted by atomic mass is 9.73. The molecule has 8 nitrogen and oxygen atoms in total. The Morgan fingerprint density at radius 3 is 2.51 bits per heavy atom. The number of benzene rings is 2. The molecule has 37 heavy (non-hydrogen) atoms. The predicted octanol–water partition coefficient (Wildman–Crippen LogP) is 5.03. The van der Waals surface area contributed by atoms with E-state index in [9.17, 15) is 4.79 Å². The summed E-state index contributed by atoms with van der Waals surface area (Å²) in [5.74, 6) is 0.937. The molecule has 1 aliphatic carbocycles. The summed E-state index contributed by atoms with van der Waals surface area (Å²) in [4.78, 5) is 25.8. The fraction of sp³-hybridized carbons (Fsp3) is 0.172. The number of amides is 1. The third-order valence-electron chi connectivity index (χ3n) is 7.01. The zero-order valence-electron chi connectivity index (χ0n) is 20.5. The molecule has 5 aromatic rings. The van der Waals surface area contributed by atoms with Crippen LogP contribution in [0.1, 0.15) is 31.7 Å². The minimum atomic E-state index is -0.240. The zero-order valence-corrected chi connectivity index (χ0v) is 20.5. The Hall–Kier alpha value is -4.56. The van der Waals surface area contributed by atoms with Crippen molar-refractivity contribution in [3.63, 3.8) is 0 Å². The van der Waals surface area contributed by atoms with Crippen molar-refractivity contribution in [2.75, 3.05) is 11.1 Å². The number of hydrogen-bond acceptors (Lipinski definition) is 6. The first-order valence-corrected chi connectivity index (χ1v) is 12.3. The van der Waals surface area contributed by atoms with E-state index in [1.165, 1.54) is 6.92 Å². The summed E-state index contributed by atoms with van der Waals surface area (Å²) >= 11 is 0. The number of nitrogens with one attached hydrogen (secondary N) is 1. The van der Waals surface area contributed by atoms with E-state index in [1.807, 2.05) is 53.1 Å². The van der Waals surface area contributed by atoms with Crippen molar-refractivity contribution >= 4 is 28.6 Å².